The van der Waals surface area contributed by atoms with E-state index >= 15 is 0 Å². The minimum absolute atomic E-state index is 0.227. The molecule has 0 radical (unpaired) electrons. The van der Waals surface area contributed by atoms with E-state index < -0.39 is 35.2 Å². The number of carbonyl (C=O) groups excluding carboxylic acids is 2. The Bertz CT molecular complexity index is 794. The van der Waals surface area contributed by atoms with Crippen molar-refractivity contribution in [2.45, 2.75) is 20.0 Å². The van der Waals surface area contributed by atoms with Crippen LogP contribution in [0.2, 0.25) is 0 Å². The van der Waals surface area contributed by atoms with Gasteiger partial charge in [0.1, 0.15) is 5.75 Å². The number of ether oxygens (including phenoxy) is 1. The molecule has 2 aromatic rings. The molecular weight excluding hydrogens is 337 g/mol. The largest absolute Gasteiger partial charge is 0.481 e. The molecule has 0 aliphatic heterocycles. The molecule has 2 rings (SSSR count). The van der Waals surface area contributed by atoms with Crippen molar-refractivity contribution in [2.24, 2.45) is 0 Å². The van der Waals surface area contributed by atoms with Gasteiger partial charge >= 0.3 is 0 Å². The van der Waals surface area contributed by atoms with Crippen molar-refractivity contribution in [3.8, 4) is 5.75 Å². The van der Waals surface area contributed by atoms with Crippen LogP contribution in [-0.2, 0) is 9.59 Å². The highest BCUT2D eigenvalue weighted by Crippen LogP contribution is 2.21. The van der Waals surface area contributed by atoms with Crippen molar-refractivity contribution in [3.05, 3.63) is 53.8 Å². The second-order valence-electron chi connectivity index (χ2n) is 5.18. The standard InChI is InChI=1S/C17H15F3N2O3/c1-9(25-12-5-3-11(4-6-12)21-10(2)23)17(24)22-14-8-7-13(18)15(19)16(14)20/h3-9H,1-2H3,(H,21,23)(H,22,24)/t9-/m0/s1. The first-order chi connectivity index (χ1) is 11.8. The van der Waals surface area contributed by atoms with Crippen LogP contribution in [0.4, 0.5) is 24.5 Å². The highest BCUT2D eigenvalue weighted by Gasteiger charge is 2.19. The zero-order chi connectivity index (χ0) is 18.6. The van der Waals surface area contributed by atoms with Gasteiger partial charge in [-0.15, -0.1) is 0 Å². The topological polar surface area (TPSA) is 67.4 Å². The Labute approximate surface area is 141 Å². The number of rotatable bonds is 5. The summed E-state index contributed by atoms with van der Waals surface area (Å²) in [5.41, 5.74) is 0.0705. The van der Waals surface area contributed by atoms with Crippen LogP contribution in [0, 0.1) is 17.5 Å². The van der Waals surface area contributed by atoms with Gasteiger partial charge in [-0.05, 0) is 43.3 Å². The average Bonchev–Trinajstić information content (AvgIpc) is 2.56. The molecule has 2 aromatic carbocycles. The predicted molar refractivity (Wildman–Crippen MR) is 85.8 cm³/mol. The van der Waals surface area contributed by atoms with E-state index in [9.17, 15) is 22.8 Å². The van der Waals surface area contributed by atoms with Crippen LogP contribution in [0.25, 0.3) is 0 Å². The second-order valence-corrected chi connectivity index (χ2v) is 5.18. The van der Waals surface area contributed by atoms with Gasteiger partial charge in [-0.1, -0.05) is 0 Å². The first-order valence-electron chi connectivity index (χ1n) is 7.26. The molecule has 0 heterocycles. The number of benzene rings is 2. The van der Waals surface area contributed by atoms with Gasteiger partial charge < -0.3 is 15.4 Å². The Morgan fingerprint density at radius 3 is 2.20 bits per heavy atom. The van der Waals surface area contributed by atoms with E-state index in [1.165, 1.54) is 26.0 Å². The van der Waals surface area contributed by atoms with Gasteiger partial charge in [0.05, 0.1) is 5.69 Å². The van der Waals surface area contributed by atoms with E-state index in [2.05, 4.69) is 10.6 Å². The fraction of sp³-hybridized carbons (Fsp3) is 0.176. The number of hydrogen-bond donors (Lipinski definition) is 2. The van der Waals surface area contributed by atoms with Crippen molar-refractivity contribution >= 4 is 23.2 Å². The zero-order valence-corrected chi connectivity index (χ0v) is 13.4. The summed E-state index contributed by atoms with van der Waals surface area (Å²) < 4.78 is 45.0. The molecule has 5 nitrogen and oxygen atoms in total. The summed E-state index contributed by atoms with van der Waals surface area (Å²) in [7, 11) is 0. The SMILES string of the molecule is CC(=O)Nc1ccc(O[C@@H](C)C(=O)Nc2ccc(F)c(F)c2F)cc1. The fourth-order valence-corrected chi connectivity index (χ4v) is 1.93. The van der Waals surface area contributed by atoms with Crippen LogP contribution in [0.1, 0.15) is 13.8 Å². The maximum absolute atomic E-state index is 13.6. The third-order valence-electron chi connectivity index (χ3n) is 3.15. The Morgan fingerprint density at radius 2 is 1.60 bits per heavy atom. The van der Waals surface area contributed by atoms with Gasteiger partial charge in [0.2, 0.25) is 5.91 Å². The van der Waals surface area contributed by atoms with Gasteiger partial charge in [0, 0.05) is 12.6 Å². The Kier molecular flexibility index (Phi) is 5.63. The normalized spacial score (nSPS) is 11.6. The van der Waals surface area contributed by atoms with Gasteiger partial charge in [-0.25, -0.2) is 13.2 Å². The Hall–Kier alpha value is -3.03. The van der Waals surface area contributed by atoms with Crippen molar-refractivity contribution in [1.29, 1.82) is 0 Å². The molecule has 0 spiro atoms. The lowest BCUT2D eigenvalue weighted by Gasteiger charge is -2.15. The third kappa shape index (κ3) is 4.72. The molecule has 8 heteroatoms. The maximum atomic E-state index is 13.6. The molecule has 0 saturated carbocycles. The summed E-state index contributed by atoms with van der Waals surface area (Å²) >= 11 is 0. The lowest BCUT2D eigenvalue weighted by Crippen LogP contribution is -2.30. The summed E-state index contributed by atoms with van der Waals surface area (Å²) in [6.07, 6.45) is -1.03. The molecule has 0 bridgehead atoms. The Balaban J connectivity index is 2.01. The van der Waals surface area contributed by atoms with Crippen LogP contribution < -0.4 is 15.4 Å². The predicted octanol–water partition coefficient (Wildman–Crippen LogP) is 3.47. The average molecular weight is 352 g/mol. The zero-order valence-electron chi connectivity index (χ0n) is 13.4. The van der Waals surface area contributed by atoms with E-state index in [1.54, 1.807) is 12.1 Å². The first kappa shape index (κ1) is 18.3. The van der Waals surface area contributed by atoms with Crippen LogP contribution in [-0.4, -0.2) is 17.9 Å². The molecule has 2 amide bonds. The molecule has 2 N–H and O–H groups in total. The number of hydrogen-bond acceptors (Lipinski definition) is 3. The molecule has 0 aliphatic rings. The quantitative estimate of drug-likeness (QED) is 0.810. The summed E-state index contributed by atoms with van der Waals surface area (Å²) in [6.45, 7) is 2.78. The van der Waals surface area contributed by atoms with Crippen molar-refractivity contribution < 1.29 is 27.5 Å². The lowest BCUT2D eigenvalue weighted by molar-refractivity contribution is -0.122. The monoisotopic (exact) mass is 352 g/mol. The molecule has 0 fully saturated rings. The highest BCUT2D eigenvalue weighted by atomic mass is 19.2. The molecule has 132 valence electrons. The third-order valence-corrected chi connectivity index (χ3v) is 3.15. The number of carbonyl (C=O) groups is 2. The van der Waals surface area contributed by atoms with Crippen molar-refractivity contribution in [2.75, 3.05) is 10.6 Å². The van der Waals surface area contributed by atoms with Gasteiger partial charge in [-0.2, -0.15) is 0 Å². The van der Waals surface area contributed by atoms with Gasteiger partial charge in [0.25, 0.3) is 5.91 Å². The fourth-order valence-electron chi connectivity index (χ4n) is 1.93. The van der Waals surface area contributed by atoms with E-state index in [4.69, 9.17) is 4.74 Å². The van der Waals surface area contributed by atoms with E-state index in [0.717, 1.165) is 6.07 Å². The molecule has 25 heavy (non-hydrogen) atoms. The number of halogens is 3. The lowest BCUT2D eigenvalue weighted by atomic mass is 10.2. The molecular formula is C17H15F3N2O3. The summed E-state index contributed by atoms with van der Waals surface area (Å²) in [4.78, 5) is 22.9. The maximum Gasteiger partial charge on any atom is 0.265 e. The number of nitrogens with one attached hydrogen (secondary N) is 2. The molecule has 1 atom stereocenters. The van der Waals surface area contributed by atoms with Gasteiger partial charge in [-0.3, -0.25) is 9.59 Å². The second kappa shape index (κ2) is 7.69. The van der Waals surface area contributed by atoms with E-state index in [0.29, 0.717) is 17.5 Å². The van der Waals surface area contributed by atoms with Crippen molar-refractivity contribution in [3.63, 3.8) is 0 Å². The van der Waals surface area contributed by atoms with Gasteiger partial charge in [0.15, 0.2) is 23.6 Å². The minimum atomic E-state index is -1.67. The number of anilines is 2. The minimum Gasteiger partial charge on any atom is -0.481 e. The first-order valence-corrected chi connectivity index (χ1v) is 7.26. The smallest absolute Gasteiger partial charge is 0.265 e. The van der Waals surface area contributed by atoms with E-state index in [1.807, 2.05) is 0 Å². The summed E-state index contributed by atoms with van der Waals surface area (Å²) in [5.74, 6) is -5.13. The number of amides is 2. The van der Waals surface area contributed by atoms with Crippen LogP contribution >= 0.6 is 0 Å². The van der Waals surface area contributed by atoms with E-state index in [-0.39, 0.29) is 5.91 Å². The van der Waals surface area contributed by atoms with Crippen molar-refractivity contribution in [1.82, 2.24) is 0 Å². The highest BCUT2D eigenvalue weighted by molar-refractivity contribution is 5.94. The van der Waals surface area contributed by atoms with Crippen LogP contribution in [0.3, 0.4) is 0 Å². The Morgan fingerprint density at radius 1 is 0.960 bits per heavy atom. The molecule has 0 unspecified atom stereocenters. The van der Waals surface area contributed by atoms with Crippen LogP contribution in [0.5, 0.6) is 5.75 Å². The molecule has 0 saturated heterocycles. The van der Waals surface area contributed by atoms with Crippen LogP contribution in [0.15, 0.2) is 36.4 Å². The summed E-state index contributed by atoms with van der Waals surface area (Å²) in [5, 5.41) is 4.71. The summed E-state index contributed by atoms with van der Waals surface area (Å²) in [6, 6.07) is 7.86. The molecule has 0 aromatic heterocycles. The molecule has 0 aliphatic carbocycles.